The van der Waals surface area contributed by atoms with Crippen LogP contribution in [0.25, 0.3) is 0 Å². The summed E-state index contributed by atoms with van der Waals surface area (Å²) >= 11 is 0. The minimum Gasteiger partial charge on any atom is -0.496 e. The summed E-state index contributed by atoms with van der Waals surface area (Å²) in [5.74, 6) is 0.722. The molecule has 7 heteroatoms. The summed E-state index contributed by atoms with van der Waals surface area (Å²) in [7, 11) is 3.52. The summed E-state index contributed by atoms with van der Waals surface area (Å²) in [5, 5.41) is 0. The quantitative estimate of drug-likeness (QED) is 0.738. The number of ether oxygens (including phenoxy) is 1. The van der Waals surface area contributed by atoms with E-state index in [0.29, 0.717) is 13.1 Å². The highest BCUT2D eigenvalue weighted by atomic mass is 16.5. The van der Waals surface area contributed by atoms with E-state index >= 15 is 0 Å². The molecule has 0 bridgehead atoms. The molecule has 1 aromatic heterocycles. The fourth-order valence-corrected chi connectivity index (χ4v) is 4.77. The standard InChI is InChI=1S/C24H30N4O3/c1-17-11-18(6-7-22(17)31-3)13-27-10-8-21-20(15-27)24(30)28(16-23(29)26(21)2)14-19-5-4-9-25-12-19/h4-7,9,11-12,20-21H,8,10,13-16H2,1-3H3/t20-,21+/m0/s1. The second kappa shape index (κ2) is 9.06. The van der Waals surface area contributed by atoms with E-state index in [-0.39, 0.29) is 30.3 Å². The largest absolute Gasteiger partial charge is 0.496 e. The fourth-order valence-electron chi connectivity index (χ4n) is 4.77. The first kappa shape index (κ1) is 21.3. The van der Waals surface area contributed by atoms with Gasteiger partial charge in [0.15, 0.2) is 0 Å². The number of carbonyl (C=O) groups excluding carboxylic acids is 2. The number of rotatable bonds is 5. The van der Waals surface area contributed by atoms with Gasteiger partial charge in [-0.1, -0.05) is 18.2 Å². The molecule has 0 radical (unpaired) electrons. The van der Waals surface area contributed by atoms with Gasteiger partial charge in [-0.25, -0.2) is 0 Å². The minimum atomic E-state index is -0.221. The lowest BCUT2D eigenvalue weighted by Crippen LogP contribution is -2.53. The Morgan fingerprint density at radius 2 is 2.00 bits per heavy atom. The van der Waals surface area contributed by atoms with Gasteiger partial charge in [0.05, 0.1) is 13.0 Å². The summed E-state index contributed by atoms with van der Waals surface area (Å²) in [5.41, 5.74) is 3.24. The number of benzene rings is 1. The molecule has 2 aromatic rings. The van der Waals surface area contributed by atoms with Crippen molar-refractivity contribution in [1.29, 1.82) is 0 Å². The molecule has 2 amide bonds. The average Bonchev–Trinajstić information content (AvgIpc) is 2.85. The highest BCUT2D eigenvalue weighted by molar-refractivity contribution is 5.89. The van der Waals surface area contributed by atoms with Crippen LogP contribution in [-0.2, 0) is 22.7 Å². The van der Waals surface area contributed by atoms with Crippen molar-refractivity contribution in [1.82, 2.24) is 19.7 Å². The highest BCUT2D eigenvalue weighted by Crippen LogP contribution is 2.29. The lowest BCUT2D eigenvalue weighted by molar-refractivity contribution is -0.138. The molecule has 1 aromatic carbocycles. The van der Waals surface area contributed by atoms with E-state index in [0.717, 1.165) is 36.4 Å². The van der Waals surface area contributed by atoms with Gasteiger partial charge in [0.25, 0.3) is 0 Å². The Morgan fingerprint density at radius 1 is 1.16 bits per heavy atom. The van der Waals surface area contributed by atoms with Gasteiger partial charge in [-0.2, -0.15) is 0 Å². The van der Waals surface area contributed by atoms with Gasteiger partial charge in [0, 0.05) is 51.7 Å². The lowest BCUT2D eigenvalue weighted by Gasteiger charge is -2.40. The van der Waals surface area contributed by atoms with Crippen molar-refractivity contribution < 1.29 is 14.3 Å². The zero-order chi connectivity index (χ0) is 22.0. The Labute approximate surface area is 183 Å². The van der Waals surface area contributed by atoms with E-state index < -0.39 is 0 Å². The van der Waals surface area contributed by atoms with Gasteiger partial charge < -0.3 is 14.5 Å². The lowest BCUT2D eigenvalue weighted by atomic mass is 9.90. The van der Waals surface area contributed by atoms with Crippen molar-refractivity contribution in [2.75, 3.05) is 33.8 Å². The second-order valence-corrected chi connectivity index (χ2v) is 8.56. The number of likely N-dealkylation sites (N-methyl/N-ethyl adjacent to an activating group) is 1. The first-order valence-electron chi connectivity index (χ1n) is 10.8. The van der Waals surface area contributed by atoms with Crippen LogP contribution in [0.4, 0.5) is 0 Å². The molecule has 2 saturated heterocycles. The van der Waals surface area contributed by atoms with Gasteiger partial charge in [-0.3, -0.25) is 19.5 Å². The van der Waals surface area contributed by atoms with Gasteiger partial charge >= 0.3 is 0 Å². The average molecular weight is 423 g/mol. The maximum Gasteiger partial charge on any atom is 0.242 e. The number of hydrogen-bond donors (Lipinski definition) is 0. The molecule has 31 heavy (non-hydrogen) atoms. The highest BCUT2D eigenvalue weighted by Gasteiger charge is 2.43. The molecule has 2 fully saturated rings. The number of pyridine rings is 1. The topological polar surface area (TPSA) is 66.0 Å². The van der Waals surface area contributed by atoms with Crippen molar-refractivity contribution in [2.45, 2.75) is 32.5 Å². The van der Waals surface area contributed by atoms with Crippen LogP contribution in [0.2, 0.25) is 0 Å². The summed E-state index contributed by atoms with van der Waals surface area (Å²) in [6.45, 7) is 4.86. The van der Waals surface area contributed by atoms with Gasteiger partial charge in [-0.05, 0) is 42.2 Å². The molecule has 2 atom stereocenters. The van der Waals surface area contributed by atoms with E-state index in [9.17, 15) is 9.59 Å². The van der Waals surface area contributed by atoms with E-state index in [1.165, 1.54) is 5.56 Å². The molecule has 2 aliphatic heterocycles. The van der Waals surface area contributed by atoms with Gasteiger partial charge in [0.2, 0.25) is 11.8 Å². The van der Waals surface area contributed by atoms with Crippen molar-refractivity contribution in [3.8, 4) is 5.75 Å². The second-order valence-electron chi connectivity index (χ2n) is 8.56. The molecule has 3 heterocycles. The van der Waals surface area contributed by atoms with Crippen LogP contribution in [-0.4, -0.2) is 71.3 Å². The van der Waals surface area contributed by atoms with E-state index in [4.69, 9.17) is 4.74 Å². The maximum atomic E-state index is 13.5. The van der Waals surface area contributed by atoms with Gasteiger partial charge in [0.1, 0.15) is 12.3 Å². The third-order valence-corrected chi connectivity index (χ3v) is 6.47. The Morgan fingerprint density at radius 3 is 2.71 bits per heavy atom. The number of aromatic nitrogens is 1. The van der Waals surface area contributed by atoms with E-state index in [2.05, 4.69) is 22.0 Å². The van der Waals surface area contributed by atoms with Crippen LogP contribution in [0, 0.1) is 12.8 Å². The molecule has 0 unspecified atom stereocenters. The Balaban J connectivity index is 1.51. The predicted octanol–water partition coefficient (Wildman–Crippen LogP) is 2.09. The number of likely N-dealkylation sites (tertiary alicyclic amines) is 1. The molecule has 4 rings (SSSR count). The predicted molar refractivity (Wildman–Crippen MR) is 117 cm³/mol. The summed E-state index contributed by atoms with van der Waals surface area (Å²) in [6, 6.07) is 9.97. The molecule has 164 valence electrons. The third kappa shape index (κ3) is 4.56. The first-order valence-corrected chi connectivity index (χ1v) is 10.8. The van der Waals surface area contributed by atoms with Gasteiger partial charge in [-0.15, -0.1) is 0 Å². The SMILES string of the molecule is COc1ccc(CN2CC[C@@H]3[C@H](C2)C(=O)N(Cc2cccnc2)CC(=O)N3C)cc1C. The molecular formula is C24H30N4O3. The fraction of sp³-hybridized carbons (Fsp3) is 0.458. The zero-order valence-corrected chi connectivity index (χ0v) is 18.5. The minimum absolute atomic E-state index is 0.00368. The summed E-state index contributed by atoms with van der Waals surface area (Å²) in [4.78, 5) is 36.2. The number of aryl methyl sites for hydroxylation is 1. The molecule has 0 aliphatic carbocycles. The number of nitrogens with zero attached hydrogens (tertiary/aromatic N) is 4. The smallest absolute Gasteiger partial charge is 0.242 e. The number of amides is 2. The van der Waals surface area contributed by atoms with Crippen molar-refractivity contribution in [3.63, 3.8) is 0 Å². The molecule has 0 N–H and O–H groups in total. The number of piperidine rings is 1. The number of methoxy groups -OCH3 is 1. The van der Waals surface area contributed by atoms with Crippen molar-refractivity contribution >= 4 is 11.8 Å². The molecule has 7 nitrogen and oxygen atoms in total. The summed E-state index contributed by atoms with van der Waals surface area (Å²) in [6.07, 6.45) is 4.26. The van der Waals surface area contributed by atoms with Crippen molar-refractivity contribution in [3.05, 3.63) is 59.4 Å². The normalized spacial score (nSPS) is 22.3. The molecular weight excluding hydrogens is 392 g/mol. The van der Waals surface area contributed by atoms with Crippen LogP contribution in [0.5, 0.6) is 5.75 Å². The Bertz CT molecular complexity index is 949. The van der Waals surface area contributed by atoms with E-state index in [1.54, 1.807) is 29.3 Å². The third-order valence-electron chi connectivity index (χ3n) is 6.47. The monoisotopic (exact) mass is 422 g/mol. The molecule has 0 saturated carbocycles. The van der Waals surface area contributed by atoms with Crippen LogP contribution in [0.3, 0.4) is 0 Å². The number of fused-ring (bicyclic) bond motifs is 1. The van der Waals surface area contributed by atoms with E-state index in [1.807, 2.05) is 32.2 Å². The molecule has 2 aliphatic rings. The van der Waals surface area contributed by atoms with Crippen LogP contribution >= 0.6 is 0 Å². The maximum absolute atomic E-state index is 13.5. The Hall–Kier alpha value is -2.93. The number of carbonyl (C=O) groups is 2. The zero-order valence-electron chi connectivity index (χ0n) is 18.5. The summed E-state index contributed by atoms with van der Waals surface area (Å²) < 4.78 is 5.37. The molecule has 0 spiro atoms. The van der Waals surface area contributed by atoms with Crippen LogP contribution < -0.4 is 4.74 Å². The van der Waals surface area contributed by atoms with Crippen molar-refractivity contribution in [2.24, 2.45) is 5.92 Å². The van der Waals surface area contributed by atoms with Crippen LogP contribution in [0.15, 0.2) is 42.7 Å². The first-order chi connectivity index (χ1) is 15.0. The van der Waals surface area contributed by atoms with Crippen LogP contribution in [0.1, 0.15) is 23.1 Å². The number of hydrogen-bond acceptors (Lipinski definition) is 5. The Kier molecular flexibility index (Phi) is 6.23.